The quantitative estimate of drug-likeness (QED) is 0.551. The summed E-state index contributed by atoms with van der Waals surface area (Å²) in [4.78, 5) is 29.2. The van der Waals surface area contributed by atoms with E-state index < -0.39 is 0 Å². The van der Waals surface area contributed by atoms with Crippen LogP contribution < -0.4 is 10.6 Å². The molecule has 166 valence electrons. The second-order valence-corrected chi connectivity index (χ2v) is 7.65. The molecule has 0 unspecified atom stereocenters. The molecular weight excluding hydrogens is 402 g/mol. The SMILES string of the molecule is CO.O=C(NCc1cccc(C(=O)NC2CCCC2)c1)c1cccc(-c2ccncc2)c1. The monoisotopic (exact) mass is 431 g/mol. The van der Waals surface area contributed by atoms with Gasteiger partial charge in [-0.1, -0.05) is 37.1 Å². The molecule has 6 heteroatoms. The Morgan fingerprint density at radius 1 is 0.875 bits per heavy atom. The first-order chi connectivity index (χ1) is 15.7. The van der Waals surface area contributed by atoms with Gasteiger partial charge in [0.25, 0.3) is 11.8 Å². The number of hydrogen-bond acceptors (Lipinski definition) is 4. The van der Waals surface area contributed by atoms with Gasteiger partial charge in [-0.2, -0.15) is 0 Å². The molecule has 32 heavy (non-hydrogen) atoms. The summed E-state index contributed by atoms with van der Waals surface area (Å²) in [6.07, 6.45) is 7.94. The van der Waals surface area contributed by atoms with Crippen LogP contribution in [0.1, 0.15) is 52.0 Å². The molecule has 1 aliphatic carbocycles. The highest BCUT2D eigenvalue weighted by atomic mass is 16.2. The van der Waals surface area contributed by atoms with Crippen LogP contribution >= 0.6 is 0 Å². The number of rotatable bonds is 6. The number of nitrogens with zero attached hydrogens (tertiary/aromatic N) is 1. The van der Waals surface area contributed by atoms with Gasteiger partial charge in [0.15, 0.2) is 0 Å². The molecule has 0 saturated heterocycles. The Kier molecular flexibility index (Phi) is 8.52. The first-order valence-electron chi connectivity index (χ1n) is 10.8. The van der Waals surface area contributed by atoms with Crippen molar-refractivity contribution in [3.8, 4) is 11.1 Å². The van der Waals surface area contributed by atoms with E-state index in [2.05, 4.69) is 15.6 Å². The molecule has 1 fully saturated rings. The molecule has 6 nitrogen and oxygen atoms in total. The molecule has 0 spiro atoms. The van der Waals surface area contributed by atoms with Crippen molar-refractivity contribution in [1.82, 2.24) is 15.6 Å². The van der Waals surface area contributed by atoms with Gasteiger partial charge in [0.05, 0.1) is 0 Å². The van der Waals surface area contributed by atoms with E-state index in [1.54, 1.807) is 18.5 Å². The van der Waals surface area contributed by atoms with Crippen molar-refractivity contribution in [2.24, 2.45) is 0 Å². The predicted octanol–water partition coefficient (Wildman–Crippen LogP) is 3.96. The molecule has 0 radical (unpaired) electrons. The zero-order valence-electron chi connectivity index (χ0n) is 18.3. The molecule has 1 aliphatic rings. The lowest BCUT2D eigenvalue weighted by Crippen LogP contribution is -2.32. The third kappa shape index (κ3) is 6.25. The van der Waals surface area contributed by atoms with Gasteiger partial charge < -0.3 is 15.7 Å². The average molecular weight is 432 g/mol. The van der Waals surface area contributed by atoms with E-state index >= 15 is 0 Å². The minimum Gasteiger partial charge on any atom is -0.400 e. The number of benzene rings is 2. The van der Waals surface area contributed by atoms with E-state index in [1.165, 1.54) is 12.8 Å². The summed E-state index contributed by atoms with van der Waals surface area (Å²) in [6.45, 7) is 0.364. The molecular formula is C26H29N3O3. The Morgan fingerprint density at radius 2 is 1.53 bits per heavy atom. The van der Waals surface area contributed by atoms with E-state index in [-0.39, 0.29) is 17.9 Å². The maximum atomic E-state index is 12.6. The van der Waals surface area contributed by atoms with Gasteiger partial charge in [-0.05, 0) is 65.9 Å². The smallest absolute Gasteiger partial charge is 0.251 e. The Bertz CT molecular complexity index is 1030. The second-order valence-electron chi connectivity index (χ2n) is 7.65. The van der Waals surface area contributed by atoms with Crippen molar-refractivity contribution in [3.05, 3.63) is 89.7 Å². The molecule has 4 rings (SSSR count). The molecule has 1 heterocycles. The second kappa shape index (κ2) is 11.8. The molecule has 1 saturated carbocycles. The minimum atomic E-state index is -0.147. The summed E-state index contributed by atoms with van der Waals surface area (Å²) in [6, 6.07) is 19.1. The summed E-state index contributed by atoms with van der Waals surface area (Å²) < 4.78 is 0. The van der Waals surface area contributed by atoms with Crippen LogP contribution in [0.15, 0.2) is 73.1 Å². The van der Waals surface area contributed by atoms with Crippen LogP contribution in [0.2, 0.25) is 0 Å². The number of carbonyl (C=O) groups is 2. The van der Waals surface area contributed by atoms with Gasteiger partial charge in [0.2, 0.25) is 0 Å². The van der Waals surface area contributed by atoms with Crippen LogP contribution in [-0.2, 0) is 6.54 Å². The lowest BCUT2D eigenvalue weighted by Gasteiger charge is -2.13. The van der Waals surface area contributed by atoms with Crippen molar-refractivity contribution in [2.45, 2.75) is 38.3 Å². The standard InChI is InChI=1S/C25H25N3O2.CH4O/c29-24(22-8-4-6-20(16-22)19-11-13-26-14-12-19)27-17-18-5-3-7-21(15-18)25(30)28-23-9-1-2-10-23;1-2/h3-8,11-16,23H,1-2,9-10,17H2,(H,27,29)(H,28,30);2H,1H3. The molecule has 3 aromatic rings. The fraction of sp³-hybridized carbons (Fsp3) is 0.269. The molecule has 0 bridgehead atoms. The van der Waals surface area contributed by atoms with Gasteiger partial charge in [-0.3, -0.25) is 14.6 Å². The van der Waals surface area contributed by atoms with Crippen LogP contribution in [0, 0.1) is 0 Å². The Morgan fingerprint density at radius 3 is 2.25 bits per heavy atom. The van der Waals surface area contributed by atoms with Gasteiger partial charge in [-0.25, -0.2) is 0 Å². The van der Waals surface area contributed by atoms with Gasteiger partial charge in [-0.15, -0.1) is 0 Å². The first-order valence-corrected chi connectivity index (χ1v) is 10.8. The maximum Gasteiger partial charge on any atom is 0.251 e. The fourth-order valence-corrected chi connectivity index (χ4v) is 3.83. The van der Waals surface area contributed by atoms with Crippen LogP contribution in [0.5, 0.6) is 0 Å². The number of hydrogen-bond donors (Lipinski definition) is 3. The number of aliphatic hydroxyl groups is 1. The van der Waals surface area contributed by atoms with Gasteiger partial charge in [0.1, 0.15) is 0 Å². The van der Waals surface area contributed by atoms with Crippen molar-refractivity contribution < 1.29 is 14.7 Å². The summed E-state index contributed by atoms with van der Waals surface area (Å²) >= 11 is 0. The highest BCUT2D eigenvalue weighted by molar-refractivity contribution is 5.96. The first kappa shape index (κ1) is 23.2. The van der Waals surface area contributed by atoms with Crippen molar-refractivity contribution in [2.75, 3.05) is 7.11 Å². The van der Waals surface area contributed by atoms with E-state index in [0.29, 0.717) is 17.7 Å². The zero-order valence-corrected chi connectivity index (χ0v) is 18.3. The van der Waals surface area contributed by atoms with Crippen LogP contribution in [0.25, 0.3) is 11.1 Å². The summed E-state index contributed by atoms with van der Waals surface area (Å²) in [7, 11) is 1.00. The highest BCUT2D eigenvalue weighted by Gasteiger charge is 2.18. The third-order valence-corrected chi connectivity index (χ3v) is 5.47. The van der Waals surface area contributed by atoms with Crippen LogP contribution in [-0.4, -0.2) is 35.1 Å². The number of aliphatic hydroxyl groups excluding tert-OH is 1. The molecule has 0 aliphatic heterocycles. The van der Waals surface area contributed by atoms with E-state index in [4.69, 9.17) is 5.11 Å². The summed E-state index contributed by atoms with van der Waals surface area (Å²) in [5.74, 6) is -0.188. The topological polar surface area (TPSA) is 91.3 Å². The van der Waals surface area contributed by atoms with Crippen LogP contribution in [0.3, 0.4) is 0 Å². The Hall–Kier alpha value is -3.51. The third-order valence-electron chi connectivity index (χ3n) is 5.47. The molecule has 2 aromatic carbocycles. The molecule has 3 N–H and O–H groups in total. The largest absolute Gasteiger partial charge is 0.400 e. The lowest BCUT2D eigenvalue weighted by molar-refractivity contribution is 0.0935. The number of nitrogens with one attached hydrogen (secondary N) is 2. The summed E-state index contributed by atoms with van der Waals surface area (Å²) in [5, 5.41) is 13.1. The normalized spacial score (nSPS) is 13.1. The van der Waals surface area contributed by atoms with Crippen molar-refractivity contribution in [3.63, 3.8) is 0 Å². The van der Waals surface area contributed by atoms with E-state index in [9.17, 15) is 9.59 Å². The molecule has 0 atom stereocenters. The van der Waals surface area contributed by atoms with Crippen molar-refractivity contribution >= 4 is 11.8 Å². The van der Waals surface area contributed by atoms with Gasteiger partial charge >= 0.3 is 0 Å². The summed E-state index contributed by atoms with van der Waals surface area (Å²) in [5.41, 5.74) is 4.11. The van der Waals surface area contributed by atoms with E-state index in [0.717, 1.165) is 36.6 Å². The predicted molar refractivity (Wildman–Crippen MR) is 125 cm³/mol. The number of pyridine rings is 1. The van der Waals surface area contributed by atoms with Gasteiger partial charge in [0, 0.05) is 43.2 Å². The zero-order chi connectivity index (χ0) is 22.8. The molecule has 1 aromatic heterocycles. The minimum absolute atomic E-state index is 0.0415. The van der Waals surface area contributed by atoms with Crippen LogP contribution in [0.4, 0.5) is 0 Å². The number of aromatic nitrogens is 1. The lowest BCUT2D eigenvalue weighted by atomic mass is 10.0. The van der Waals surface area contributed by atoms with E-state index in [1.807, 2.05) is 54.6 Å². The Labute approximate surface area is 188 Å². The highest BCUT2D eigenvalue weighted by Crippen LogP contribution is 2.20. The fourth-order valence-electron chi connectivity index (χ4n) is 3.83. The van der Waals surface area contributed by atoms with Crippen molar-refractivity contribution in [1.29, 1.82) is 0 Å². The Balaban J connectivity index is 0.00000141. The molecule has 2 amide bonds. The number of amides is 2. The average Bonchev–Trinajstić information content (AvgIpc) is 3.37. The number of carbonyl (C=O) groups excluding carboxylic acids is 2. The maximum absolute atomic E-state index is 12.6.